The third-order valence-corrected chi connectivity index (χ3v) is 5.90. The first-order valence-corrected chi connectivity index (χ1v) is 11.0. The van der Waals surface area contributed by atoms with Crippen molar-refractivity contribution in [1.29, 1.82) is 0 Å². The van der Waals surface area contributed by atoms with E-state index in [0.29, 0.717) is 44.3 Å². The van der Waals surface area contributed by atoms with Crippen LogP contribution in [0, 0.1) is 0 Å². The molecule has 32 heavy (non-hydrogen) atoms. The van der Waals surface area contributed by atoms with Gasteiger partial charge in [-0.05, 0) is 35.4 Å². The van der Waals surface area contributed by atoms with Crippen LogP contribution in [0.5, 0.6) is 0 Å². The second-order valence-electron chi connectivity index (χ2n) is 6.86. The molecule has 4 aromatic rings. The normalized spacial score (nSPS) is 10.9. The van der Waals surface area contributed by atoms with E-state index in [0.717, 1.165) is 11.1 Å². The van der Waals surface area contributed by atoms with Gasteiger partial charge in [0.15, 0.2) is 0 Å². The molecule has 0 radical (unpaired) electrons. The van der Waals surface area contributed by atoms with Gasteiger partial charge in [-0.2, -0.15) is 0 Å². The molecule has 0 N–H and O–H groups in total. The van der Waals surface area contributed by atoms with Crippen LogP contribution in [-0.2, 0) is 12.8 Å². The van der Waals surface area contributed by atoms with Crippen LogP contribution < -0.4 is 0 Å². The third-order valence-electron chi connectivity index (χ3n) is 4.72. The first-order valence-electron chi connectivity index (χ1n) is 9.44. The predicted molar refractivity (Wildman–Crippen MR) is 126 cm³/mol. The molecule has 0 saturated carbocycles. The Morgan fingerprint density at radius 1 is 0.625 bits per heavy atom. The second-order valence-corrected chi connectivity index (χ2v) is 8.54. The minimum absolute atomic E-state index is 0.183. The van der Waals surface area contributed by atoms with Crippen molar-refractivity contribution in [3.63, 3.8) is 0 Å². The molecular formula is C23H14Cl4N4O. The van der Waals surface area contributed by atoms with Crippen molar-refractivity contribution < 1.29 is 4.79 Å². The van der Waals surface area contributed by atoms with E-state index in [9.17, 15) is 4.79 Å². The molecule has 0 saturated heterocycles. The number of carbonyl (C=O) groups is 1. The van der Waals surface area contributed by atoms with Gasteiger partial charge in [0.05, 0.1) is 11.4 Å². The maximum atomic E-state index is 13.4. The van der Waals surface area contributed by atoms with E-state index in [1.807, 2.05) is 0 Å². The van der Waals surface area contributed by atoms with Crippen LogP contribution in [0.4, 0.5) is 0 Å². The Bertz CT molecular complexity index is 1210. The fourth-order valence-electron chi connectivity index (χ4n) is 3.17. The van der Waals surface area contributed by atoms with Gasteiger partial charge < -0.3 is 0 Å². The van der Waals surface area contributed by atoms with Gasteiger partial charge in [-0.3, -0.25) is 14.8 Å². The maximum absolute atomic E-state index is 13.4. The molecule has 4 rings (SSSR count). The van der Waals surface area contributed by atoms with Crippen molar-refractivity contribution >= 4 is 52.2 Å². The SMILES string of the molecule is O=C(c1nccnc1Cc1ccc(Cl)cc1Cl)c1nccnc1Cc1ccc(Cl)cc1Cl. The number of rotatable bonds is 6. The number of aromatic nitrogens is 4. The molecule has 0 spiro atoms. The lowest BCUT2D eigenvalue weighted by Gasteiger charge is -2.11. The van der Waals surface area contributed by atoms with Gasteiger partial charge >= 0.3 is 0 Å². The summed E-state index contributed by atoms with van der Waals surface area (Å²) < 4.78 is 0. The average Bonchev–Trinajstić information content (AvgIpc) is 2.78. The van der Waals surface area contributed by atoms with E-state index in [1.165, 1.54) is 24.8 Å². The van der Waals surface area contributed by atoms with E-state index in [-0.39, 0.29) is 17.2 Å². The summed E-state index contributed by atoms with van der Waals surface area (Å²) in [5, 5.41) is 2.02. The fraction of sp³-hybridized carbons (Fsp3) is 0.0870. The molecule has 5 nitrogen and oxygen atoms in total. The zero-order valence-electron chi connectivity index (χ0n) is 16.4. The van der Waals surface area contributed by atoms with Crippen molar-refractivity contribution in [2.75, 3.05) is 0 Å². The number of nitrogens with zero attached hydrogens (tertiary/aromatic N) is 4. The molecular weight excluding hydrogens is 490 g/mol. The van der Waals surface area contributed by atoms with Crippen LogP contribution in [0.3, 0.4) is 0 Å². The van der Waals surface area contributed by atoms with Crippen LogP contribution in [0.2, 0.25) is 20.1 Å². The quantitative estimate of drug-likeness (QED) is 0.289. The van der Waals surface area contributed by atoms with Crippen molar-refractivity contribution in [2.45, 2.75) is 12.8 Å². The topological polar surface area (TPSA) is 68.6 Å². The van der Waals surface area contributed by atoms with E-state index < -0.39 is 0 Å². The lowest BCUT2D eigenvalue weighted by molar-refractivity contribution is 0.102. The largest absolute Gasteiger partial charge is 0.285 e. The van der Waals surface area contributed by atoms with Crippen molar-refractivity contribution in [1.82, 2.24) is 19.9 Å². The van der Waals surface area contributed by atoms with Gasteiger partial charge in [-0.15, -0.1) is 0 Å². The number of hydrogen-bond acceptors (Lipinski definition) is 5. The fourth-order valence-corrected chi connectivity index (χ4v) is 4.13. The molecule has 0 aliphatic carbocycles. The predicted octanol–water partition coefficient (Wildman–Crippen LogP) is 6.29. The maximum Gasteiger partial charge on any atom is 0.233 e. The Morgan fingerprint density at radius 3 is 1.44 bits per heavy atom. The molecule has 0 bridgehead atoms. The number of halogens is 4. The molecule has 160 valence electrons. The second kappa shape index (κ2) is 9.92. The highest BCUT2D eigenvalue weighted by Gasteiger charge is 2.22. The third kappa shape index (κ3) is 5.08. The monoisotopic (exact) mass is 502 g/mol. The molecule has 2 aromatic carbocycles. The molecule has 0 aliphatic heterocycles. The van der Waals surface area contributed by atoms with E-state index in [1.54, 1.807) is 36.4 Å². The van der Waals surface area contributed by atoms with Gasteiger partial charge in [-0.25, -0.2) is 9.97 Å². The minimum atomic E-state index is -0.383. The Labute approximate surface area is 204 Å². The lowest BCUT2D eigenvalue weighted by atomic mass is 10.0. The van der Waals surface area contributed by atoms with Gasteiger partial charge in [0.2, 0.25) is 5.78 Å². The summed E-state index contributed by atoms with van der Waals surface area (Å²) in [4.78, 5) is 30.7. The molecule has 0 unspecified atom stereocenters. The van der Waals surface area contributed by atoms with Crippen LogP contribution >= 0.6 is 46.4 Å². The lowest BCUT2D eigenvalue weighted by Crippen LogP contribution is -2.15. The Kier molecular flexibility index (Phi) is 7.01. The Balaban J connectivity index is 1.69. The number of ketones is 1. The highest BCUT2D eigenvalue weighted by Crippen LogP contribution is 2.26. The Morgan fingerprint density at radius 2 is 1.03 bits per heavy atom. The van der Waals surface area contributed by atoms with Gasteiger partial charge in [0, 0.05) is 57.7 Å². The zero-order chi connectivity index (χ0) is 22.7. The number of carbonyl (C=O) groups excluding carboxylic acids is 1. The van der Waals surface area contributed by atoms with Gasteiger partial charge in [-0.1, -0.05) is 58.5 Å². The summed E-state index contributed by atoms with van der Waals surface area (Å²) in [5.74, 6) is -0.383. The first kappa shape index (κ1) is 22.6. The van der Waals surface area contributed by atoms with Crippen LogP contribution in [0.1, 0.15) is 38.7 Å². The molecule has 0 amide bonds. The number of hydrogen-bond donors (Lipinski definition) is 0. The van der Waals surface area contributed by atoms with E-state index in [2.05, 4.69) is 19.9 Å². The zero-order valence-corrected chi connectivity index (χ0v) is 19.4. The average molecular weight is 504 g/mol. The summed E-state index contributed by atoms with van der Waals surface area (Å²) in [6.07, 6.45) is 6.60. The minimum Gasteiger partial charge on any atom is -0.285 e. The molecule has 2 heterocycles. The molecule has 9 heteroatoms. The van der Waals surface area contributed by atoms with E-state index >= 15 is 0 Å². The molecule has 2 aromatic heterocycles. The van der Waals surface area contributed by atoms with Crippen LogP contribution in [0.15, 0.2) is 61.2 Å². The highest BCUT2D eigenvalue weighted by atomic mass is 35.5. The summed E-state index contributed by atoms with van der Waals surface area (Å²) in [7, 11) is 0. The van der Waals surface area contributed by atoms with Gasteiger partial charge in [0.25, 0.3) is 0 Å². The van der Waals surface area contributed by atoms with Crippen molar-refractivity contribution in [2.24, 2.45) is 0 Å². The van der Waals surface area contributed by atoms with Gasteiger partial charge in [0.1, 0.15) is 11.4 Å². The van der Waals surface area contributed by atoms with E-state index in [4.69, 9.17) is 46.4 Å². The first-order chi connectivity index (χ1) is 15.4. The molecule has 0 atom stereocenters. The smallest absolute Gasteiger partial charge is 0.233 e. The Hall–Kier alpha value is -2.57. The highest BCUT2D eigenvalue weighted by molar-refractivity contribution is 6.35. The van der Waals surface area contributed by atoms with Crippen molar-refractivity contribution in [3.05, 3.63) is 115 Å². The summed E-state index contributed by atoms with van der Waals surface area (Å²) in [5.41, 5.74) is 2.87. The summed E-state index contributed by atoms with van der Waals surface area (Å²) in [6, 6.07) is 10.3. The molecule has 0 aliphatic rings. The van der Waals surface area contributed by atoms with Crippen LogP contribution in [0.25, 0.3) is 0 Å². The van der Waals surface area contributed by atoms with Crippen molar-refractivity contribution in [3.8, 4) is 0 Å². The standard InChI is InChI=1S/C23H14Cl4N4O/c24-15-3-1-13(17(26)11-15)9-19-21(30-7-5-28-19)23(32)22-20(29-6-8-31-22)10-14-2-4-16(25)12-18(14)27/h1-8,11-12H,9-10H2. The number of benzene rings is 2. The van der Waals surface area contributed by atoms with Crippen LogP contribution in [-0.4, -0.2) is 25.7 Å². The summed E-state index contributed by atoms with van der Waals surface area (Å²) >= 11 is 24.6. The summed E-state index contributed by atoms with van der Waals surface area (Å²) in [6.45, 7) is 0. The molecule has 0 fully saturated rings.